The first kappa shape index (κ1) is 12.6. The molecule has 5 rings (SSSR count). The van der Waals surface area contributed by atoms with E-state index in [0.29, 0.717) is 12.3 Å². The number of fused-ring (bicyclic) bond motifs is 2. The van der Waals surface area contributed by atoms with Gasteiger partial charge in [-0.15, -0.1) is 0 Å². The predicted octanol–water partition coefficient (Wildman–Crippen LogP) is 3.17. The number of benzene rings is 3. The molecule has 0 aliphatic heterocycles. The van der Waals surface area contributed by atoms with Gasteiger partial charge in [-0.05, 0) is 63.1 Å². The van der Waals surface area contributed by atoms with Gasteiger partial charge in [0.05, 0.1) is 6.10 Å². The molecule has 3 atom stereocenters. The molecule has 22 heavy (non-hydrogen) atoms. The lowest BCUT2D eigenvalue weighted by molar-refractivity contribution is 0.000282. The van der Waals surface area contributed by atoms with E-state index in [4.69, 9.17) is 0 Å². The van der Waals surface area contributed by atoms with Crippen LogP contribution < -0.4 is 5.22 Å². The van der Waals surface area contributed by atoms with Gasteiger partial charge in [0, 0.05) is 0 Å². The van der Waals surface area contributed by atoms with Gasteiger partial charge in [-0.1, -0.05) is 42.5 Å². The van der Waals surface area contributed by atoms with Gasteiger partial charge in [-0.3, -0.25) is 0 Å². The lowest BCUT2D eigenvalue weighted by atomic mass is 9.71. The lowest BCUT2D eigenvalue weighted by Crippen LogP contribution is -2.34. The van der Waals surface area contributed by atoms with Gasteiger partial charge in [0.15, 0.2) is 0 Å². The van der Waals surface area contributed by atoms with Gasteiger partial charge < -0.3 is 10.2 Å². The number of hydrogen-bond donors (Lipinski definition) is 2. The van der Waals surface area contributed by atoms with Crippen LogP contribution in [0, 0.1) is 0 Å². The van der Waals surface area contributed by atoms with E-state index in [1.54, 1.807) is 0 Å². The van der Waals surface area contributed by atoms with Crippen LogP contribution in [0.15, 0.2) is 36.4 Å². The highest BCUT2D eigenvalue weighted by atomic mass is 16.3. The highest BCUT2D eigenvalue weighted by Crippen LogP contribution is 2.44. The van der Waals surface area contributed by atoms with Crippen LogP contribution in [-0.2, 0) is 0 Å². The molecule has 0 radical (unpaired) electrons. The van der Waals surface area contributed by atoms with Crippen molar-refractivity contribution in [1.82, 2.24) is 0 Å². The normalized spacial score (nSPS) is 26.9. The summed E-state index contributed by atoms with van der Waals surface area (Å²) in [5.41, 5.74) is 2.26. The summed E-state index contributed by atoms with van der Waals surface area (Å²) in [6.45, 7) is 0. The number of aliphatic hydroxyl groups excluding tert-OH is 2. The second-order valence-corrected chi connectivity index (χ2v) is 6.68. The Bertz CT molecular complexity index is 952. The Kier molecular flexibility index (Phi) is 2.47. The summed E-state index contributed by atoms with van der Waals surface area (Å²) in [6.07, 6.45) is 3.70. The van der Waals surface area contributed by atoms with Crippen molar-refractivity contribution < 1.29 is 10.2 Å². The van der Waals surface area contributed by atoms with Gasteiger partial charge in [0.25, 0.3) is 0 Å². The average Bonchev–Trinajstić information content (AvgIpc) is 2.55. The Balaban J connectivity index is 2.09. The van der Waals surface area contributed by atoms with Gasteiger partial charge in [0.1, 0.15) is 6.10 Å². The van der Waals surface area contributed by atoms with E-state index in [-0.39, 0.29) is 0 Å². The van der Waals surface area contributed by atoms with Crippen molar-refractivity contribution in [3.63, 3.8) is 0 Å². The molecule has 0 saturated heterocycles. The molecule has 2 nitrogen and oxygen atoms in total. The van der Waals surface area contributed by atoms with Crippen molar-refractivity contribution in [2.75, 3.05) is 0 Å². The fourth-order valence-corrected chi connectivity index (χ4v) is 4.63. The largest absolute Gasteiger partial charge is 0.390 e. The molecule has 2 aliphatic carbocycles. The molecule has 0 bridgehead atoms. The highest BCUT2D eigenvalue weighted by molar-refractivity contribution is 6.12. The molecule has 0 amide bonds. The van der Waals surface area contributed by atoms with E-state index in [0.717, 1.165) is 23.8 Å². The molecule has 0 aromatic heterocycles. The standard InChI is InChI=1S/C20H18O2/c21-16-10-12-6-3-8-14-13-7-1-4-11-5-2-9-15(17(11)13)19(18(12)14)20(16)22/h1-2,4-5,7-9,12,16,20-22H,3,6,10H2. The van der Waals surface area contributed by atoms with Crippen LogP contribution in [0.3, 0.4) is 0 Å². The zero-order valence-corrected chi connectivity index (χ0v) is 12.3. The Morgan fingerprint density at radius 2 is 1.68 bits per heavy atom. The molecule has 0 heterocycles. The first-order chi connectivity index (χ1) is 10.8. The lowest BCUT2D eigenvalue weighted by Gasteiger charge is -2.36. The smallest absolute Gasteiger partial charge is 0.106 e. The molecule has 3 unspecified atom stereocenters. The summed E-state index contributed by atoms with van der Waals surface area (Å²) in [4.78, 5) is 0. The Labute approximate surface area is 128 Å². The number of rotatable bonds is 0. The third-order valence-corrected chi connectivity index (χ3v) is 5.52. The number of aliphatic hydroxyl groups is 2. The third-order valence-electron chi connectivity index (χ3n) is 5.52. The Hall–Kier alpha value is -1.90. The van der Waals surface area contributed by atoms with E-state index in [9.17, 15) is 10.2 Å². The molecule has 3 aromatic carbocycles. The van der Waals surface area contributed by atoms with Crippen LogP contribution in [-0.4, -0.2) is 16.3 Å². The Morgan fingerprint density at radius 1 is 0.909 bits per heavy atom. The number of hydrogen-bond acceptors (Lipinski definition) is 2. The van der Waals surface area contributed by atoms with Crippen molar-refractivity contribution >= 4 is 27.6 Å². The SMILES string of the molecule is OC1CC2CCC=c3c2c(c2cccc4cccc3c42)C1O. The first-order valence-corrected chi connectivity index (χ1v) is 8.09. The molecule has 2 aliphatic rings. The van der Waals surface area contributed by atoms with E-state index in [1.165, 1.54) is 26.9 Å². The van der Waals surface area contributed by atoms with E-state index in [1.807, 2.05) is 0 Å². The third kappa shape index (κ3) is 1.47. The minimum absolute atomic E-state index is 0.372. The first-order valence-electron chi connectivity index (χ1n) is 8.09. The van der Waals surface area contributed by atoms with E-state index < -0.39 is 12.2 Å². The molecular formula is C20H18O2. The maximum Gasteiger partial charge on any atom is 0.106 e. The maximum absolute atomic E-state index is 10.7. The fraction of sp³-hybridized carbons (Fsp3) is 0.300. The minimum atomic E-state index is -0.772. The zero-order chi connectivity index (χ0) is 14.8. The Morgan fingerprint density at radius 3 is 2.50 bits per heavy atom. The fourth-order valence-electron chi connectivity index (χ4n) is 4.63. The van der Waals surface area contributed by atoms with Crippen LogP contribution in [0.2, 0.25) is 0 Å². The maximum atomic E-state index is 10.7. The van der Waals surface area contributed by atoms with Crippen molar-refractivity contribution in [1.29, 1.82) is 0 Å². The average molecular weight is 290 g/mol. The van der Waals surface area contributed by atoms with E-state index in [2.05, 4.69) is 42.5 Å². The second-order valence-electron chi connectivity index (χ2n) is 6.68. The van der Waals surface area contributed by atoms with Crippen molar-refractivity contribution in [2.24, 2.45) is 0 Å². The van der Waals surface area contributed by atoms with E-state index >= 15 is 0 Å². The van der Waals surface area contributed by atoms with Crippen molar-refractivity contribution in [3.05, 3.63) is 52.7 Å². The molecule has 3 aromatic rings. The summed E-state index contributed by atoms with van der Waals surface area (Å²) in [5.74, 6) is 0.372. The van der Waals surface area contributed by atoms with Gasteiger partial charge >= 0.3 is 0 Å². The molecule has 110 valence electrons. The quantitative estimate of drug-likeness (QED) is 0.667. The minimum Gasteiger partial charge on any atom is -0.390 e. The van der Waals surface area contributed by atoms with Gasteiger partial charge in [-0.2, -0.15) is 0 Å². The molecular weight excluding hydrogens is 272 g/mol. The summed E-state index contributed by atoms with van der Waals surface area (Å²) in [6, 6.07) is 12.7. The topological polar surface area (TPSA) is 40.5 Å². The van der Waals surface area contributed by atoms with Gasteiger partial charge in [-0.25, -0.2) is 0 Å². The predicted molar refractivity (Wildman–Crippen MR) is 88.7 cm³/mol. The monoisotopic (exact) mass is 290 g/mol. The molecule has 2 N–H and O–H groups in total. The van der Waals surface area contributed by atoms with Crippen LogP contribution in [0.1, 0.15) is 42.4 Å². The van der Waals surface area contributed by atoms with Crippen molar-refractivity contribution in [3.8, 4) is 0 Å². The molecule has 0 spiro atoms. The van der Waals surface area contributed by atoms with Gasteiger partial charge in [0.2, 0.25) is 0 Å². The van der Waals surface area contributed by atoms with Crippen LogP contribution in [0.25, 0.3) is 27.6 Å². The van der Waals surface area contributed by atoms with Crippen LogP contribution in [0.4, 0.5) is 0 Å². The zero-order valence-electron chi connectivity index (χ0n) is 12.3. The molecule has 2 heteroatoms. The van der Waals surface area contributed by atoms with Crippen molar-refractivity contribution in [2.45, 2.75) is 37.4 Å². The second kappa shape index (κ2) is 4.31. The summed E-state index contributed by atoms with van der Waals surface area (Å²) in [7, 11) is 0. The van der Waals surface area contributed by atoms with Crippen LogP contribution >= 0.6 is 0 Å². The molecule has 0 fully saturated rings. The highest BCUT2D eigenvalue weighted by Gasteiger charge is 2.36. The summed E-state index contributed by atoms with van der Waals surface area (Å²) < 4.78 is 0. The van der Waals surface area contributed by atoms with Crippen LogP contribution in [0.5, 0.6) is 0 Å². The molecule has 0 saturated carbocycles. The summed E-state index contributed by atoms with van der Waals surface area (Å²) >= 11 is 0. The summed E-state index contributed by atoms with van der Waals surface area (Å²) in [5, 5.41) is 27.1.